The molecule has 0 saturated heterocycles. The molecule has 0 bridgehead atoms. The van der Waals surface area contributed by atoms with Crippen LogP contribution in [-0.2, 0) is 10.5 Å². The first-order valence-corrected chi connectivity index (χ1v) is 4.72. The van der Waals surface area contributed by atoms with Gasteiger partial charge < -0.3 is 9.47 Å². The van der Waals surface area contributed by atoms with Gasteiger partial charge in [-0.1, -0.05) is 0 Å². The molecule has 0 unspecified atom stereocenters. The van der Waals surface area contributed by atoms with Crippen LogP contribution in [0.15, 0.2) is 18.2 Å². The fourth-order valence-corrected chi connectivity index (χ4v) is 1.39. The molecule has 0 atom stereocenters. The molecule has 0 aliphatic rings. The van der Waals surface area contributed by atoms with Crippen LogP contribution < -0.4 is 4.74 Å². The Morgan fingerprint density at radius 2 is 2.14 bits per heavy atom. The summed E-state index contributed by atoms with van der Waals surface area (Å²) in [6.07, 6.45) is 0. The number of methoxy groups -OCH3 is 2. The summed E-state index contributed by atoms with van der Waals surface area (Å²) in [7, 11) is 2.94. The van der Waals surface area contributed by atoms with Crippen molar-refractivity contribution in [2.45, 2.75) is 5.75 Å². The summed E-state index contributed by atoms with van der Waals surface area (Å²) >= 11 is 4.15. The van der Waals surface area contributed by atoms with Gasteiger partial charge in [0.15, 0.2) is 0 Å². The van der Waals surface area contributed by atoms with Crippen LogP contribution in [-0.4, -0.2) is 20.2 Å². The molecule has 3 nitrogen and oxygen atoms in total. The molecule has 0 aliphatic carbocycles. The number of esters is 1. The van der Waals surface area contributed by atoms with Gasteiger partial charge in [0, 0.05) is 11.3 Å². The lowest BCUT2D eigenvalue weighted by Crippen LogP contribution is -2.02. The largest absolute Gasteiger partial charge is 0.496 e. The first kappa shape index (κ1) is 10.9. The third-order valence-corrected chi connectivity index (χ3v) is 2.21. The second-order valence-electron chi connectivity index (χ2n) is 2.68. The second kappa shape index (κ2) is 4.91. The lowest BCUT2D eigenvalue weighted by molar-refractivity contribution is 0.0600. The Kier molecular flexibility index (Phi) is 3.83. The van der Waals surface area contributed by atoms with Crippen molar-refractivity contribution in [1.29, 1.82) is 0 Å². The molecular weight excluding hydrogens is 200 g/mol. The van der Waals surface area contributed by atoms with Crippen molar-refractivity contribution in [2.24, 2.45) is 0 Å². The van der Waals surface area contributed by atoms with Crippen LogP contribution in [0.25, 0.3) is 0 Å². The van der Waals surface area contributed by atoms with Crippen LogP contribution in [0.4, 0.5) is 0 Å². The molecule has 1 aromatic carbocycles. The van der Waals surface area contributed by atoms with E-state index in [1.54, 1.807) is 25.3 Å². The SMILES string of the molecule is COC(=O)c1ccc(OC)c(CS)c1. The van der Waals surface area contributed by atoms with E-state index in [1.165, 1.54) is 7.11 Å². The predicted molar refractivity (Wildman–Crippen MR) is 57.0 cm³/mol. The monoisotopic (exact) mass is 212 g/mol. The topological polar surface area (TPSA) is 35.5 Å². The van der Waals surface area contributed by atoms with E-state index >= 15 is 0 Å². The Balaban J connectivity index is 3.07. The van der Waals surface area contributed by atoms with Crippen LogP contribution in [0.1, 0.15) is 15.9 Å². The van der Waals surface area contributed by atoms with Gasteiger partial charge in [-0.25, -0.2) is 4.79 Å². The van der Waals surface area contributed by atoms with Crippen molar-refractivity contribution in [3.8, 4) is 5.75 Å². The van der Waals surface area contributed by atoms with E-state index in [1.807, 2.05) is 0 Å². The third-order valence-electron chi connectivity index (χ3n) is 1.87. The Bertz CT molecular complexity index is 336. The molecule has 0 fully saturated rings. The van der Waals surface area contributed by atoms with Gasteiger partial charge in [-0.15, -0.1) is 0 Å². The van der Waals surface area contributed by atoms with Gasteiger partial charge >= 0.3 is 5.97 Å². The minimum absolute atomic E-state index is 0.351. The summed E-state index contributed by atoms with van der Waals surface area (Å²) in [5.41, 5.74) is 1.39. The van der Waals surface area contributed by atoms with Crippen molar-refractivity contribution < 1.29 is 14.3 Å². The van der Waals surface area contributed by atoms with E-state index in [0.29, 0.717) is 11.3 Å². The molecule has 0 radical (unpaired) electrons. The lowest BCUT2D eigenvalue weighted by atomic mass is 10.1. The maximum atomic E-state index is 11.2. The molecule has 0 saturated carbocycles. The minimum Gasteiger partial charge on any atom is -0.496 e. The number of thiol groups is 1. The van der Waals surface area contributed by atoms with Gasteiger partial charge in [-0.3, -0.25) is 0 Å². The highest BCUT2D eigenvalue weighted by Gasteiger charge is 2.08. The van der Waals surface area contributed by atoms with Crippen molar-refractivity contribution in [2.75, 3.05) is 14.2 Å². The predicted octanol–water partition coefficient (Wildman–Crippen LogP) is 1.91. The van der Waals surface area contributed by atoms with Crippen LogP contribution in [0.3, 0.4) is 0 Å². The Morgan fingerprint density at radius 3 is 2.64 bits per heavy atom. The molecular formula is C10H12O3S. The van der Waals surface area contributed by atoms with E-state index in [-0.39, 0.29) is 5.97 Å². The van der Waals surface area contributed by atoms with Gasteiger partial charge in [0.25, 0.3) is 0 Å². The van der Waals surface area contributed by atoms with E-state index < -0.39 is 0 Å². The third kappa shape index (κ3) is 2.20. The van der Waals surface area contributed by atoms with Gasteiger partial charge in [-0.05, 0) is 18.2 Å². The fraction of sp³-hybridized carbons (Fsp3) is 0.300. The van der Waals surface area contributed by atoms with Gasteiger partial charge in [-0.2, -0.15) is 12.6 Å². The number of hydrogen-bond acceptors (Lipinski definition) is 4. The lowest BCUT2D eigenvalue weighted by Gasteiger charge is -2.07. The molecule has 0 aromatic heterocycles. The molecule has 4 heteroatoms. The summed E-state index contributed by atoms with van der Waals surface area (Å²) in [6.45, 7) is 0. The first-order valence-electron chi connectivity index (χ1n) is 4.09. The number of rotatable bonds is 3. The molecule has 76 valence electrons. The second-order valence-corrected chi connectivity index (χ2v) is 2.99. The minimum atomic E-state index is -0.351. The quantitative estimate of drug-likeness (QED) is 0.614. The Morgan fingerprint density at radius 1 is 1.43 bits per heavy atom. The summed E-state index contributed by atoms with van der Waals surface area (Å²) < 4.78 is 9.71. The molecule has 0 heterocycles. The first-order chi connectivity index (χ1) is 6.72. The van der Waals surface area contributed by atoms with Gasteiger partial charge in [0.2, 0.25) is 0 Å². The Hall–Kier alpha value is -1.16. The summed E-state index contributed by atoms with van der Waals surface area (Å²) in [6, 6.07) is 5.12. The zero-order chi connectivity index (χ0) is 10.6. The molecule has 1 rings (SSSR count). The fourth-order valence-electron chi connectivity index (χ4n) is 1.15. The maximum Gasteiger partial charge on any atom is 0.337 e. The molecule has 1 aromatic rings. The van der Waals surface area contributed by atoms with E-state index in [2.05, 4.69) is 17.4 Å². The normalized spacial score (nSPS) is 9.64. The average Bonchev–Trinajstić information content (AvgIpc) is 2.26. The molecule has 0 amide bonds. The molecule has 0 N–H and O–H groups in total. The van der Waals surface area contributed by atoms with Crippen molar-refractivity contribution >= 4 is 18.6 Å². The summed E-state index contributed by atoms with van der Waals surface area (Å²) in [4.78, 5) is 11.2. The van der Waals surface area contributed by atoms with E-state index in [0.717, 1.165) is 11.3 Å². The molecule has 14 heavy (non-hydrogen) atoms. The van der Waals surface area contributed by atoms with Crippen molar-refractivity contribution in [1.82, 2.24) is 0 Å². The molecule has 0 aliphatic heterocycles. The van der Waals surface area contributed by atoms with Crippen LogP contribution in [0, 0.1) is 0 Å². The highest BCUT2D eigenvalue weighted by Crippen LogP contribution is 2.21. The van der Waals surface area contributed by atoms with E-state index in [4.69, 9.17) is 4.74 Å². The smallest absolute Gasteiger partial charge is 0.337 e. The zero-order valence-corrected chi connectivity index (χ0v) is 9.01. The van der Waals surface area contributed by atoms with E-state index in [9.17, 15) is 4.79 Å². The van der Waals surface area contributed by atoms with Gasteiger partial charge in [0.05, 0.1) is 19.8 Å². The highest BCUT2D eigenvalue weighted by atomic mass is 32.1. The van der Waals surface area contributed by atoms with Crippen molar-refractivity contribution in [3.05, 3.63) is 29.3 Å². The molecule has 0 spiro atoms. The zero-order valence-electron chi connectivity index (χ0n) is 8.11. The summed E-state index contributed by atoms with van der Waals surface area (Å²) in [5, 5.41) is 0. The maximum absolute atomic E-state index is 11.2. The van der Waals surface area contributed by atoms with Crippen LogP contribution in [0.2, 0.25) is 0 Å². The number of benzene rings is 1. The number of ether oxygens (including phenoxy) is 2. The standard InChI is InChI=1S/C10H12O3S/c1-12-9-4-3-7(10(11)13-2)5-8(9)6-14/h3-5,14H,6H2,1-2H3. The summed E-state index contributed by atoms with van der Waals surface area (Å²) in [5.74, 6) is 0.900. The van der Waals surface area contributed by atoms with Gasteiger partial charge in [0.1, 0.15) is 5.75 Å². The number of hydrogen-bond donors (Lipinski definition) is 1. The average molecular weight is 212 g/mol. The number of carbonyl (C=O) groups is 1. The van der Waals surface area contributed by atoms with Crippen LogP contribution >= 0.6 is 12.6 Å². The van der Waals surface area contributed by atoms with Crippen LogP contribution in [0.5, 0.6) is 5.75 Å². The number of carbonyl (C=O) groups excluding carboxylic acids is 1. The Labute approximate surface area is 88.4 Å². The van der Waals surface area contributed by atoms with Crippen molar-refractivity contribution in [3.63, 3.8) is 0 Å². The highest BCUT2D eigenvalue weighted by molar-refractivity contribution is 7.79.